The van der Waals surface area contributed by atoms with Crippen LogP contribution in [0.1, 0.15) is 29.1 Å². The summed E-state index contributed by atoms with van der Waals surface area (Å²) in [6, 6.07) is 5.16. The van der Waals surface area contributed by atoms with Crippen molar-refractivity contribution < 1.29 is 9.90 Å². The van der Waals surface area contributed by atoms with Crippen molar-refractivity contribution in [2.24, 2.45) is 0 Å². The molecule has 1 aromatic carbocycles. The molecule has 2 N–H and O–H groups in total. The summed E-state index contributed by atoms with van der Waals surface area (Å²) in [5.41, 5.74) is 1.16. The number of hydrogen-bond acceptors (Lipinski definition) is 3. The van der Waals surface area contributed by atoms with E-state index >= 15 is 0 Å². The lowest BCUT2D eigenvalue weighted by Crippen LogP contribution is -2.18. The lowest BCUT2D eigenvalue weighted by atomic mass is 10.1. The fraction of sp³-hybridized carbons (Fsp3) is 0.188. The van der Waals surface area contributed by atoms with Gasteiger partial charge in [-0.2, -0.15) is 0 Å². The van der Waals surface area contributed by atoms with Gasteiger partial charge in [-0.15, -0.1) is 0 Å². The first-order valence-electron chi connectivity index (χ1n) is 6.82. The van der Waals surface area contributed by atoms with E-state index in [-0.39, 0.29) is 18.4 Å². The van der Waals surface area contributed by atoms with Crippen molar-refractivity contribution in [3.8, 4) is 0 Å². The summed E-state index contributed by atoms with van der Waals surface area (Å²) in [5, 5.41) is 9.69. The summed E-state index contributed by atoms with van der Waals surface area (Å²) in [6.45, 7) is 1.67. The number of nitrogens with zero attached hydrogens (tertiary/aromatic N) is 1. The summed E-state index contributed by atoms with van der Waals surface area (Å²) in [5.74, 6) is -0.608. The van der Waals surface area contributed by atoms with Crippen molar-refractivity contribution in [3.63, 3.8) is 0 Å². The third kappa shape index (κ3) is 4.43. The number of aryl methyl sites for hydroxylation is 1. The molecule has 0 aliphatic rings. The number of halogens is 2. The highest BCUT2D eigenvalue weighted by molar-refractivity contribution is 6.37. The Morgan fingerprint density at radius 3 is 2.52 bits per heavy atom. The van der Waals surface area contributed by atoms with E-state index in [0.29, 0.717) is 32.7 Å². The van der Waals surface area contributed by atoms with E-state index < -0.39 is 5.97 Å². The van der Waals surface area contributed by atoms with Crippen molar-refractivity contribution in [2.45, 2.75) is 19.8 Å². The first-order chi connectivity index (χ1) is 10.9. The van der Waals surface area contributed by atoms with Gasteiger partial charge in [0.05, 0.1) is 0 Å². The fourth-order valence-corrected chi connectivity index (χ4v) is 2.59. The number of carboxylic acid groups (broad SMARTS) is 1. The van der Waals surface area contributed by atoms with Crippen LogP contribution in [0.15, 0.2) is 23.0 Å². The first-order valence-corrected chi connectivity index (χ1v) is 7.57. The van der Waals surface area contributed by atoms with Gasteiger partial charge in [0.2, 0.25) is 0 Å². The quantitative estimate of drug-likeness (QED) is 0.861. The maximum Gasteiger partial charge on any atom is 0.303 e. The second-order valence-electron chi connectivity index (χ2n) is 4.88. The summed E-state index contributed by atoms with van der Waals surface area (Å²) < 4.78 is 0. The van der Waals surface area contributed by atoms with Crippen LogP contribution < -0.4 is 5.56 Å². The van der Waals surface area contributed by atoms with Crippen LogP contribution in [0.4, 0.5) is 0 Å². The molecule has 2 rings (SSSR count). The highest BCUT2D eigenvalue weighted by Crippen LogP contribution is 2.25. The van der Waals surface area contributed by atoms with Crippen LogP contribution in [-0.2, 0) is 11.2 Å². The minimum atomic E-state index is -0.957. The summed E-state index contributed by atoms with van der Waals surface area (Å²) in [6.07, 6.45) is 3.29. The molecule has 2 aromatic rings. The van der Waals surface area contributed by atoms with Crippen LogP contribution in [0.3, 0.4) is 0 Å². The molecule has 0 spiro atoms. The van der Waals surface area contributed by atoms with Crippen LogP contribution >= 0.6 is 23.2 Å². The fourth-order valence-electron chi connectivity index (χ4n) is 2.07. The average molecular weight is 353 g/mol. The van der Waals surface area contributed by atoms with Crippen LogP contribution in [0.25, 0.3) is 12.2 Å². The Balaban J connectivity index is 2.30. The number of H-pyrrole nitrogens is 1. The van der Waals surface area contributed by atoms with E-state index in [9.17, 15) is 9.59 Å². The highest BCUT2D eigenvalue weighted by atomic mass is 35.5. The van der Waals surface area contributed by atoms with Crippen molar-refractivity contribution in [1.82, 2.24) is 9.97 Å². The van der Waals surface area contributed by atoms with E-state index in [1.54, 1.807) is 37.3 Å². The van der Waals surface area contributed by atoms with Crippen LogP contribution in [0.2, 0.25) is 10.0 Å². The molecule has 0 atom stereocenters. The Morgan fingerprint density at radius 1 is 1.30 bits per heavy atom. The highest BCUT2D eigenvalue weighted by Gasteiger charge is 2.09. The van der Waals surface area contributed by atoms with Gasteiger partial charge in [0.15, 0.2) is 0 Å². The zero-order valence-electron chi connectivity index (χ0n) is 12.3. The van der Waals surface area contributed by atoms with Gasteiger partial charge in [0, 0.05) is 33.3 Å². The van der Waals surface area contributed by atoms with Crippen molar-refractivity contribution in [3.05, 3.63) is 61.2 Å². The molecule has 0 fully saturated rings. The molecule has 1 aromatic heterocycles. The second-order valence-corrected chi connectivity index (χ2v) is 5.69. The molecule has 0 bridgehead atoms. The Kier molecular flexibility index (Phi) is 5.58. The number of carboxylic acids is 1. The van der Waals surface area contributed by atoms with Gasteiger partial charge < -0.3 is 10.1 Å². The van der Waals surface area contributed by atoms with Gasteiger partial charge in [-0.25, -0.2) is 4.98 Å². The summed E-state index contributed by atoms with van der Waals surface area (Å²) in [4.78, 5) is 29.5. The topological polar surface area (TPSA) is 83.0 Å². The minimum Gasteiger partial charge on any atom is -0.481 e. The second kappa shape index (κ2) is 7.44. The molecule has 0 aliphatic carbocycles. The number of aromatic nitrogens is 2. The lowest BCUT2D eigenvalue weighted by Gasteiger charge is -2.04. The van der Waals surface area contributed by atoms with E-state index in [2.05, 4.69) is 9.97 Å². The molecule has 7 heteroatoms. The third-order valence-electron chi connectivity index (χ3n) is 3.24. The molecule has 120 valence electrons. The molecule has 23 heavy (non-hydrogen) atoms. The van der Waals surface area contributed by atoms with Crippen molar-refractivity contribution in [1.29, 1.82) is 0 Å². The number of aromatic amines is 1. The van der Waals surface area contributed by atoms with E-state index in [0.717, 1.165) is 0 Å². The molecule has 0 aliphatic heterocycles. The predicted molar refractivity (Wildman–Crippen MR) is 90.9 cm³/mol. The molecule has 0 unspecified atom stereocenters. The van der Waals surface area contributed by atoms with Gasteiger partial charge in [0.1, 0.15) is 5.82 Å². The molecular weight excluding hydrogens is 339 g/mol. The number of carbonyl (C=O) groups is 1. The molecule has 0 amide bonds. The number of benzene rings is 1. The predicted octanol–water partition coefficient (Wildman–Crippen LogP) is 3.57. The lowest BCUT2D eigenvalue weighted by molar-refractivity contribution is -0.136. The zero-order valence-corrected chi connectivity index (χ0v) is 13.8. The Labute approximate surface area is 142 Å². The van der Waals surface area contributed by atoms with Crippen LogP contribution in [0, 0.1) is 6.92 Å². The zero-order chi connectivity index (χ0) is 17.0. The maximum atomic E-state index is 12.0. The standard InChI is InChI=1S/C16H14Cl2N2O3/c1-9-10(6-8-15(21)22)16(23)20-14(19-9)7-5-11-12(17)3-2-4-13(11)18/h2-5,7H,6,8H2,1H3,(H,21,22)(H,19,20,23)/b7-5+. The Hall–Kier alpha value is -2.11. The van der Waals surface area contributed by atoms with Gasteiger partial charge >= 0.3 is 5.97 Å². The average Bonchev–Trinajstić information content (AvgIpc) is 2.45. The van der Waals surface area contributed by atoms with Crippen molar-refractivity contribution >= 4 is 41.3 Å². The largest absolute Gasteiger partial charge is 0.481 e. The number of hydrogen-bond donors (Lipinski definition) is 2. The normalized spacial score (nSPS) is 11.1. The summed E-state index contributed by atoms with van der Waals surface area (Å²) in [7, 11) is 0. The Morgan fingerprint density at radius 2 is 1.96 bits per heavy atom. The van der Waals surface area contributed by atoms with Gasteiger partial charge in [-0.3, -0.25) is 9.59 Å². The van der Waals surface area contributed by atoms with Crippen molar-refractivity contribution in [2.75, 3.05) is 0 Å². The monoisotopic (exact) mass is 352 g/mol. The van der Waals surface area contributed by atoms with Crippen LogP contribution in [-0.4, -0.2) is 21.0 Å². The van der Waals surface area contributed by atoms with Crippen LogP contribution in [0.5, 0.6) is 0 Å². The van der Waals surface area contributed by atoms with Gasteiger partial charge in [-0.1, -0.05) is 29.3 Å². The number of nitrogens with one attached hydrogen (secondary N) is 1. The van der Waals surface area contributed by atoms with E-state index in [1.807, 2.05) is 0 Å². The number of rotatable bonds is 5. The van der Waals surface area contributed by atoms with E-state index in [1.165, 1.54) is 0 Å². The first kappa shape index (κ1) is 17.2. The Bertz CT molecular complexity index is 808. The summed E-state index contributed by atoms with van der Waals surface area (Å²) >= 11 is 12.1. The molecule has 0 saturated carbocycles. The number of aliphatic carboxylic acids is 1. The third-order valence-corrected chi connectivity index (χ3v) is 3.90. The maximum absolute atomic E-state index is 12.0. The molecule has 5 nitrogen and oxygen atoms in total. The molecule has 0 radical (unpaired) electrons. The van der Waals surface area contributed by atoms with E-state index in [4.69, 9.17) is 28.3 Å². The van der Waals surface area contributed by atoms with Gasteiger partial charge in [-0.05, 0) is 37.6 Å². The smallest absolute Gasteiger partial charge is 0.303 e. The van der Waals surface area contributed by atoms with Gasteiger partial charge in [0.25, 0.3) is 5.56 Å². The SMILES string of the molecule is Cc1nc(/C=C/c2c(Cl)cccc2Cl)[nH]c(=O)c1CCC(=O)O. The molecule has 1 heterocycles. The minimum absolute atomic E-state index is 0.115. The molecular formula is C16H14Cl2N2O3. The molecule has 0 saturated heterocycles.